The summed E-state index contributed by atoms with van der Waals surface area (Å²) in [6.07, 6.45) is 68.1. The lowest BCUT2D eigenvalue weighted by Gasteiger charge is -2.18. The molecule has 0 aromatic rings. The van der Waals surface area contributed by atoms with Crippen LogP contribution < -0.4 is 0 Å². The van der Waals surface area contributed by atoms with Crippen molar-refractivity contribution in [1.29, 1.82) is 0 Å². The number of esters is 3. The molecular weight excluding hydrogens is 829 g/mol. The Morgan fingerprint density at radius 3 is 0.881 bits per heavy atom. The summed E-state index contributed by atoms with van der Waals surface area (Å²) < 4.78 is 16.9. The van der Waals surface area contributed by atoms with Crippen LogP contribution in [0.25, 0.3) is 0 Å². The summed E-state index contributed by atoms with van der Waals surface area (Å²) in [6, 6.07) is 0. The molecule has 0 aliphatic carbocycles. The first-order valence-corrected chi connectivity index (χ1v) is 29.1. The molecule has 0 aliphatic heterocycles. The van der Waals surface area contributed by atoms with E-state index < -0.39 is 6.10 Å². The van der Waals surface area contributed by atoms with Crippen molar-refractivity contribution in [3.05, 3.63) is 48.6 Å². The summed E-state index contributed by atoms with van der Waals surface area (Å²) >= 11 is 0. The van der Waals surface area contributed by atoms with Gasteiger partial charge in [0.1, 0.15) is 13.2 Å². The second-order valence-corrected chi connectivity index (χ2v) is 19.6. The quantitative estimate of drug-likeness (QED) is 0.0262. The summed E-state index contributed by atoms with van der Waals surface area (Å²) in [4.78, 5) is 38.1. The Morgan fingerprint density at radius 1 is 0.299 bits per heavy atom. The Bertz CT molecular complexity index is 1170. The molecule has 0 saturated carbocycles. The fourth-order valence-corrected chi connectivity index (χ4v) is 8.39. The molecule has 0 fully saturated rings. The van der Waals surface area contributed by atoms with Gasteiger partial charge >= 0.3 is 17.9 Å². The zero-order valence-electron chi connectivity index (χ0n) is 44.7. The highest BCUT2D eigenvalue weighted by molar-refractivity contribution is 5.71. The maximum Gasteiger partial charge on any atom is 0.306 e. The average molecular weight is 940 g/mol. The van der Waals surface area contributed by atoms with Gasteiger partial charge in [-0.05, 0) is 83.5 Å². The van der Waals surface area contributed by atoms with E-state index in [0.29, 0.717) is 19.3 Å². The monoisotopic (exact) mass is 939 g/mol. The Labute approximate surface area is 416 Å². The predicted molar refractivity (Wildman–Crippen MR) is 289 cm³/mol. The molecule has 6 nitrogen and oxygen atoms in total. The first kappa shape index (κ1) is 64.4. The summed E-state index contributed by atoms with van der Waals surface area (Å²) in [5, 5.41) is 0. The van der Waals surface area contributed by atoms with E-state index in [0.717, 1.165) is 83.5 Å². The van der Waals surface area contributed by atoms with Gasteiger partial charge in [0, 0.05) is 19.3 Å². The summed E-state index contributed by atoms with van der Waals surface area (Å²) in [5.41, 5.74) is 0. The van der Waals surface area contributed by atoms with Crippen molar-refractivity contribution in [2.45, 2.75) is 309 Å². The molecule has 0 bridgehead atoms. The highest BCUT2D eigenvalue weighted by atomic mass is 16.6. The van der Waals surface area contributed by atoms with Crippen molar-refractivity contribution in [1.82, 2.24) is 0 Å². The zero-order chi connectivity index (χ0) is 48.6. The van der Waals surface area contributed by atoms with Crippen LogP contribution in [-0.2, 0) is 28.6 Å². The van der Waals surface area contributed by atoms with Crippen molar-refractivity contribution in [2.24, 2.45) is 0 Å². The van der Waals surface area contributed by atoms with E-state index in [1.807, 2.05) is 0 Å². The van der Waals surface area contributed by atoms with Crippen LogP contribution in [0.15, 0.2) is 48.6 Å². The zero-order valence-corrected chi connectivity index (χ0v) is 44.7. The smallest absolute Gasteiger partial charge is 0.306 e. The van der Waals surface area contributed by atoms with E-state index in [1.165, 1.54) is 180 Å². The molecular formula is C61H110O6. The Kier molecular flexibility index (Phi) is 53.8. The van der Waals surface area contributed by atoms with E-state index >= 15 is 0 Å². The number of carbonyl (C=O) groups excluding carboxylic acids is 3. The average Bonchev–Trinajstić information content (AvgIpc) is 3.33. The Morgan fingerprint density at radius 2 is 0.537 bits per heavy atom. The van der Waals surface area contributed by atoms with Crippen LogP contribution in [0.5, 0.6) is 0 Å². The molecule has 6 heteroatoms. The van der Waals surface area contributed by atoms with Gasteiger partial charge in [0.05, 0.1) is 0 Å². The van der Waals surface area contributed by atoms with E-state index in [2.05, 4.69) is 69.4 Å². The predicted octanol–water partition coefficient (Wildman–Crippen LogP) is 19.4. The third kappa shape index (κ3) is 54.2. The molecule has 0 aromatic carbocycles. The van der Waals surface area contributed by atoms with Crippen molar-refractivity contribution >= 4 is 17.9 Å². The molecule has 390 valence electrons. The van der Waals surface area contributed by atoms with E-state index in [-0.39, 0.29) is 31.1 Å². The number of rotatable bonds is 53. The van der Waals surface area contributed by atoms with E-state index in [4.69, 9.17) is 14.2 Å². The van der Waals surface area contributed by atoms with Crippen molar-refractivity contribution < 1.29 is 28.6 Å². The third-order valence-electron chi connectivity index (χ3n) is 12.8. The molecule has 0 rings (SSSR count). The number of carbonyl (C=O) groups is 3. The summed E-state index contributed by atoms with van der Waals surface area (Å²) in [6.45, 7) is 6.61. The molecule has 0 heterocycles. The van der Waals surface area contributed by atoms with Gasteiger partial charge in [0.15, 0.2) is 6.10 Å². The lowest BCUT2D eigenvalue weighted by molar-refractivity contribution is -0.167. The van der Waals surface area contributed by atoms with Gasteiger partial charge in [-0.25, -0.2) is 0 Å². The van der Waals surface area contributed by atoms with Gasteiger partial charge in [0.2, 0.25) is 0 Å². The standard InChI is InChI=1S/C61H110O6/c1-4-7-10-13-16-19-22-25-27-29-31-33-34-36-39-42-45-48-51-54-60(63)66-57-58(56-65-59(62)53-50-47-44-41-38-24-21-18-15-12-9-6-3)67-61(64)55-52-49-46-43-40-37-35-32-30-28-26-23-20-17-14-11-8-5-2/h16,18-19,21,25,27,31,33,58H,4-15,17,20,22-24,26,28-30,32,34-57H2,1-3H3/b19-16-,21-18-,27-25-,33-31-/t58-/m1/s1. The van der Waals surface area contributed by atoms with Crippen molar-refractivity contribution in [2.75, 3.05) is 13.2 Å². The van der Waals surface area contributed by atoms with Gasteiger partial charge in [-0.15, -0.1) is 0 Å². The lowest BCUT2D eigenvalue weighted by Crippen LogP contribution is -2.30. The SMILES string of the molecule is CCCCC/C=C\C/C=C\C/C=C\CCCCCCCCC(=O)OC[C@@H](COC(=O)CCCCCCC/C=C\CCCCC)OC(=O)CCCCCCCCCCCCCCCCCCCC. The molecule has 0 spiro atoms. The van der Waals surface area contributed by atoms with Crippen LogP contribution in [0.3, 0.4) is 0 Å². The highest BCUT2D eigenvalue weighted by Gasteiger charge is 2.19. The van der Waals surface area contributed by atoms with Gasteiger partial charge in [0.25, 0.3) is 0 Å². The minimum atomic E-state index is -0.779. The lowest BCUT2D eigenvalue weighted by atomic mass is 10.0. The van der Waals surface area contributed by atoms with Crippen molar-refractivity contribution in [3.8, 4) is 0 Å². The number of hydrogen-bond acceptors (Lipinski definition) is 6. The fraction of sp³-hybridized carbons (Fsp3) is 0.820. The van der Waals surface area contributed by atoms with E-state index in [9.17, 15) is 14.4 Å². The van der Waals surface area contributed by atoms with E-state index in [1.54, 1.807) is 0 Å². The van der Waals surface area contributed by atoms with Gasteiger partial charge in [-0.2, -0.15) is 0 Å². The molecule has 0 N–H and O–H groups in total. The van der Waals surface area contributed by atoms with Gasteiger partial charge in [-0.3, -0.25) is 14.4 Å². The molecule has 0 saturated heterocycles. The fourth-order valence-electron chi connectivity index (χ4n) is 8.39. The highest BCUT2D eigenvalue weighted by Crippen LogP contribution is 2.16. The van der Waals surface area contributed by atoms with Crippen LogP contribution in [0.1, 0.15) is 303 Å². The minimum absolute atomic E-state index is 0.0791. The van der Waals surface area contributed by atoms with Gasteiger partial charge in [-0.1, -0.05) is 249 Å². The first-order chi connectivity index (χ1) is 33.0. The molecule has 0 radical (unpaired) electrons. The normalized spacial score (nSPS) is 12.3. The number of unbranched alkanes of at least 4 members (excludes halogenated alkanes) is 34. The van der Waals surface area contributed by atoms with Crippen LogP contribution in [0.2, 0.25) is 0 Å². The maximum absolute atomic E-state index is 12.9. The minimum Gasteiger partial charge on any atom is -0.462 e. The van der Waals surface area contributed by atoms with Crippen LogP contribution >= 0.6 is 0 Å². The Hall–Kier alpha value is -2.63. The van der Waals surface area contributed by atoms with Gasteiger partial charge < -0.3 is 14.2 Å². The van der Waals surface area contributed by atoms with Crippen LogP contribution in [0, 0.1) is 0 Å². The second-order valence-electron chi connectivity index (χ2n) is 19.6. The van der Waals surface area contributed by atoms with Crippen LogP contribution in [-0.4, -0.2) is 37.2 Å². The second kappa shape index (κ2) is 56.0. The molecule has 67 heavy (non-hydrogen) atoms. The molecule has 0 aliphatic rings. The molecule has 0 aromatic heterocycles. The topological polar surface area (TPSA) is 78.9 Å². The Balaban J connectivity index is 4.35. The number of ether oxygens (including phenoxy) is 3. The first-order valence-electron chi connectivity index (χ1n) is 29.1. The van der Waals surface area contributed by atoms with Crippen LogP contribution in [0.4, 0.5) is 0 Å². The molecule has 0 amide bonds. The largest absolute Gasteiger partial charge is 0.462 e. The summed E-state index contributed by atoms with van der Waals surface area (Å²) in [5.74, 6) is -0.885. The summed E-state index contributed by atoms with van der Waals surface area (Å²) in [7, 11) is 0. The molecule has 1 atom stereocenters. The maximum atomic E-state index is 12.9. The van der Waals surface area contributed by atoms with Crippen molar-refractivity contribution in [3.63, 3.8) is 0 Å². The number of hydrogen-bond donors (Lipinski definition) is 0. The number of allylic oxidation sites excluding steroid dienone is 8. The molecule has 0 unspecified atom stereocenters. The third-order valence-corrected chi connectivity index (χ3v) is 12.8.